The summed E-state index contributed by atoms with van der Waals surface area (Å²) in [5.74, 6) is -1.18. The van der Waals surface area contributed by atoms with Gasteiger partial charge in [-0.3, -0.25) is 13.9 Å². The lowest BCUT2D eigenvalue weighted by Crippen LogP contribution is -2.52. The van der Waals surface area contributed by atoms with Crippen molar-refractivity contribution < 1.29 is 31.2 Å². The number of carbonyl (C=O) groups excluding carboxylic acids is 2. The highest BCUT2D eigenvalue weighted by atomic mass is 35.5. The summed E-state index contributed by atoms with van der Waals surface area (Å²) < 4.78 is 65.6. The topological polar surface area (TPSA) is 86.8 Å². The molecule has 12 heteroatoms. The molecule has 0 aliphatic carbocycles. The first-order valence-corrected chi connectivity index (χ1v) is 13.9. The van der Waals surface area contributed by atoms with E-state index in [2.05, 4.69) is 5.32 Å². The molecule has 0 unspecified atom stereocenters. The van der Waals surface area contributed by atoms with Gasteiger partial charge in [-0.25, -0.2) is 8.42 Å². The molecule has 2 aromatic rings. The maximum atomic E-state index is 13.4. The number of unbranched alkanes of at least 4 members (excludes halogenated alkanes) is 1. The van der Waals surface area contributed by atoms with Crippen LogP contribution in [0.5, 0.6) is 0 Å². The number of benzene rings is 2. The van der Waals surface area contributed by atoms with Gasteiger partial charge in [-0.15, -0.1) is 0 Å². The minimum absolute atomic E-state index is 0.0825. The van der Waals surface area contributed by atoms with Crippen molar-refractivity contribution in [3.63, 3.8) is 0 Å². The van der Waals surface area contributed by atoms with Crippen molar-refractivity contribution in [1.82, 2.24) is 10.2 Å². The fourth-order valence-electron chi connectivity index (χ4n) is 3.58. The van der Waals surface area contributed by atoms with Gasteiger partial charge in [-0.05, 0) is 43.5 Å². The van der Waals surface area contributed by atoms with Crippen molar-refractivity contribution in [3.8, 4) is 0 Å². The molecule has 0 spiro atoms. The van der Waals surface area contributed by atoms with Gasteiger partial charge in [0.25, 0.3) is 0 Å². The van der Waals surface area contributed by atoms with Crippen LogP contribution in [0.1, 0.15) is 37.8 Å². The predicted molar refractivity (Wildman–Crippen MR) is 138 cm³/mol. The zero-order valence-electron chi connectivity index (χ0n) is 20.9. The summed E-state index contributed by atoms with van der Waals surface area (Å²) in [7, 11) is -4.23. The van der Waals surface area contributed by atoms with Gasteiger partial charge in [0.15, 0.2) is 0 Å². The Balaban J connectivity index is 2.39. The molecule has 1 N–H and O–H groups in total. The van der Waals surface area contributed by atoms with Crippen LogP contribution in [0.3, 0.4) is 0 Å². The smallest absolute Gasteiger partial charge is 0.354 e. The molecule has 2 amide bonds. The third-order valence-corrected chi connectivity index (χ3v) is 7.15. The van der Waals surface area contributed by atoms with Crippen LogP contribution in [-0.4, -0.2) is 57.1 Å². The van der Waals surface area contributed by atoms with E-state index in [4.69, 9.17) is 11.6 Å². The molecule has 2 aromatic carbocycles. The molecule has 0 bridgehead atoms. The molecule has 1 atom stereocenters. The van der Waals surface area contributed by atoms with Gasteiger partial charge in [-0.2, -0.15) is 13.2 Å². The predicted octanol–water partition coefficient (Wildman–Crippen LogP) is 4.50. The number of amides is 2. The average molecular weight is 562 g/mol. The van der Waals surface area contributed by atoms with Crippen molar-refractivity contribution in [1.29, 1.82) is 0 Å². The van der Waals surface area contributed by atoms with Crippen LogP contribution in [-0.2, 0) is 32.2 Å². The van der Waals surface area contributed by atoms with E-state index in [1.807, 2.05) is 37.3 Å². The molecule has 2 rings (SSSR count). The van der Waals surface area contributed by atoms with Gasteiger partial charge in [0, 0.05) is 13.1 Å². The summed E-state index contributed by atoms with van der Waals surface area (Å²) in [5, 5.41) is 2.48. The summed E-state index contributed by atoms with van der Waals surface area (Å²) in [6.07, 6.45) is -2.01. The summed E-state index contributed by atoms with van der Waals surface area (Å²) in [6, 6.07) is 10.5. The Hall–Kier alpha value is -2.79. The molecule has 37 heavy (non-hydrogen) atoms. The number of carbonyl (C=O) groups is 2. The van der Waals surface area contributed by atoms with Crippen LogP contribution in [0, 0.1) is 0 Å². The highest BCUT2D eigenvalue weighted by Crippen LogP contribution is 2.36. The summed E-state index contributed by atoms with van der Waals surface area (Å²) in [6.45, 7) is 3.15. The van der Waals surface area contributed by atoms with Crippen LogP contribution in [0.25, 0.3) is 0 Å². The second kappa shape index (κ2) is 13.1. The first-order chi connectivity index (χ1) is 17.3. The number of nitrogens with one attached hydrogen (secondary N) is 1. The second-order valence-electron chi connectivity index (χ2n) is 8.58. The number of rotatable bonds is 12. The average Bonchev–Trinajstić information content (AvgIpc) is 2.82. The summed E-state index contributed by atoms with van der Waals surface area (Å²) in [4.78, 5) is 27.4. The summed E-state index contributed by atoms with van der Waals surface area (Å²) in [5.41, 5.74) is -0.701. The van der Waals surface area contributed by atoms with E-state index in [1.54, 1.807) is 0 Å². The largest absolute Gasteiger partial charge is 0.416 e. The number of anilines is 1. The minimum Gasteiger partial charge on any atom is -0.354 e. The molecular formula is C25H31ClF3N3O4S. The third-order valence-electron chi connectivity index (χ3n) is 5.70. The quantitative estimate of drug-likeness (QED) is 0.387. The van der Waals surface area contributed by atoms with Crippen LogP contribution >= 0.6 is 11.6 Å². The molecule has 0 heterocycles. The van der Waals surface area contributed by atoms with Gasteiger partial charge >= 0.3 is 6.18 Å². The number of hydrogen-bond donors (Lipinski definition) is 1. The lowest BCUT2D eigenvalue weighted by atomic mass is 10.1. The van der Waals surface area contributed by atoms with E-state index < -0.39 is 51.9 Å². The van der Waals surface area contributed by atoms with Gasteiger partial charge < -0.3 is 10.2 Å². The highest BCUT2D eigenvalue weighted by molar-refractivity contribution is 7.92. The Bertz CT molecular complexity index is 1180. The Labute approximate surface area is 220 Å². The Kier molecular flexibility index (Phi) is 10.8. The van der Waals surface area contributed by atoms with Gasteiger partial charge in [-0.1, -0.05) is 55.3 Å². The zero-order chi connectivity index (χ0) is 27.8. The molecule has 0 saturated heterocycles. The van der Waals surface area contributed by atoms with Crippen LogP contribution in [0.15, 0.2) is 48.5 Å². The minimum atomic E-state index is -4.75. The maximum Gasteiger partial charge on any atom is 0.416 e. The van der Waals surface area contributed by atoms with E-state index in [1.165, 1.54) is 11.8 Å². The lowest BCUT2D eigenvalue weighted by molar-refractivity contribution is -0.138. The fraction of sp³-hybridized carbons (Fsp3) is 0.440. The normalized spacial score (nSPS) is 12.6. The molecule has 0 aliphatic heterocycles. The first-order valence-electron chi connectivity index (χ1n) is 11.7. The Morgan fingerprint density at radius 3 is 2.32 bits per heavy atom. The monoisotopic (exact) mass is 561 g/mol. The molecule has 0 saturated carbocycles. The second-order valence-corrected chi connectivity index (χ2v) is 10.9. The van der Waals surface area contributed by atoms with Gasteiger partial charge in [0.05, 0.1) is 22.5 Å². The molecular weight excluding hydrogens is 531 g/mol. The maximum absolute atomic E-state index is 13.4. The van der Waals surface area contributed by atoms with E-state index >= 15 is 0 Å². The van der Waals surface area contributed by atoms with E-state index in [0.29, 0.717) is 23.3 Å². The third kappa shape index (κ3) is 8.92. The van der Waals surface area contributed by atoms with Crippen LogP contribution < -0.4 is 9.62 Å². The fourth-order valence-corrected chi connectivity index (χ4v) is 4.70. The van der Waals surface area contributed by atoms with Crippen molar-refractivity contribution in [3.05, 3.63) is 64.7 Å². The van der Waals surface area contributed by atoms with Crippen LogP contribution in [0.4, 0.5) is 18.9 Å². The molecule has 0 aromatic heterocycles. The Morgan fingerprint density at radius 1 is 1.11 bits per heavy atom. The Morgan fingerprint density at radius 2 is 1.76 bits per heavy atom. The zero-order valence-corrected chi connectivity index (χ0v) is 22.5. The SMILES string of the molecule is CCCCNC(=O)[C@@H](C)N(CCc1ccccc1)C(=O)CN(c1cc(C(F)(F)F)ccc1Cl)S(C)(=O)=O. The van der Waals surface area contributed by atoms with Crippen molar-refractivity contribution in [2.24, 2.45) is 0 Å². The van der Waals surface area contributed by atoms with E-state index in [0.717, 1.165) is 36.8 Å². The number of nitrogens with zero attached hydrogens (tertiary/aromatic N) is 2. The van der Waals surface area contributed by atoms with Gasteiger partial charge in [0.1, 0.15) is 12.6 Å². The first kappa shape index (κ1) is 30.4. The highest BCUT2D eigenvalue weighted by Gasteiger charge is 2.34. The van der Waals surface area contributed by atoms with E-state index in [-0.39, 0.29) is 11.6 Å². The molecule has 0 fully saturated rings. The van der Waals surface area contributed by atoms with Gasteiger partial charge in [0.2, 0.25) is 21.8 Å². The number of alkyl halides is 3. The number of sulfonamides is 1. The van der Waals surface area contributed by atoms with Crippen molar-refractivity contribution in [2.45, 2.75) is 45.3 Å². The number of hydrogen-bond acceptors (Lipinski definition) is 4. The van der Waals surface area contributed by atoms with E-state index in [9.17, 15) is 31.2 Å². The number of halogens is 4. The standard InChI is InChI=1S/C25H31ClF3N3O4S/c1-4-5-14-30-24(34)18(2)31(15-13-19-9-7-6-8-10-19)23(33)17-32(37(3,35)36)22-16-20(25(27,28)29)11-12-21(22)26/h6-12,16,18H,4-5,13-15,17H2,1-3H3,(H,30,34)/t18-/m1/s1. The van der Waals surface area contributed by atoms with Crippen molar-refractivity contribution >= 4 is 39.1 Å². The summed E-state index contributed by atoms with van der Waals surface area (Å²) >= 11 is 6.07. The van der Waals surface area contributed by atoms with Crippen LogP contribution in [0.2, 0.25) is 5.02 Å². The molecule has 0 radical (unpaired) electrons. The molecule has 7 nitrogen and oxygen atoms in total. The molecule has 204 valence electrons. The molecule has 0 aliphatic rings. The van der Waals surface area contributed by atoms with Crippen molar-refractivity contribution in [2.75, 3.05) is 30.2 Å². The lowest BCUT2D eigenvalue weighted by Gasteiger charge is -2.32.